The van der Waals surface area contributed by atoms with Crippen molar-refractivity contribution in [1.82, 2.24) is 5.32 Å². The highest BCUT2D eigenvalue weighted by Crippen LogP contribution is 2.38. The van der Waals surface area contributed by atoms with Crippen LogP contribution in [-0.2, 0) is 9.59 Å². The molecular formula is C40H37N3O7S. The van der Waals surface area contributed by atoms with Crippen LogP contribution < -0.4 is 34.9 Å². The van der Waals surface area contributed by atoms with Gasteiger partial charge in [0.05, 0.1) is 28.4 Å². The van der Waals surface area contributed by atoms with Crippen LogP contribution in [0.15, 0.2) is 132 Å². The predicted molar refractivity (Wildman–Crippen MR) is 200 cm³/mol. The lowest BCUT2D eigenvalue weighted by Crippen LogP contribution is -2.30. The van der Waals surface area contributed by atoms with Crippen molar-refractivity contribution in [2.24, 2.45) is 0 Å². The van der Waals surface area contributed by atoms with Crippen LogP contribution in [0.3, 0.4) is 0 Å². The summed E-state index contributed by atoms with van der Waals surface area (Å²) in [4.78, 5) is 41.5. The molecule has 0 spiro atoms. The topological polar surface area (TPSA) is 124 Å². The number of anilines is 2. The van der Waals surface area contributed by atoms with Gasteiger partial charge < -0.3 is 34.9 Å². The Morgan fingerprint density at radius 3 is 1.92 bits per heavy atom. The molecule has 0 heterocycles. The van der Waals surface area contributed by atoms with Crippen LogP contribution in [0.25, 0.3) is 6.08 Å². The van der Waals surface area contributed by atoms with E-state index in [1.165, 1.54) is 39.2 Å². The molecular weight excluding hydrogens is 667 g/mol. The van der Waals surface area contributed by atoms with Gasteiger partial charge in [-0.05, 0) is 72.3 Å². The van der Waals surface area contributed by atoms with Crippen molar-refractivity contribution in [3.63, 3.8) is 0 Å². The maximum atomic E-state index is 13.9. The Kier molecular flexibility index (Phi) is 12.4. The van der Waals surface area contributed by atoms with Crippen LogP contribution in [0, 0.1) is 0 Å². The van der Waals surface area contributed by atoms with E-state index in [1.807, 2.05) is 36.4 Å². The molecule has 51 heavy (non-hydrogen) atoms. The fourth-order valence-electron chi connectivity index (χ4n) is 5.03. The molecule has 0 radical (unpaired) electrons. The molecule has 0 saturated heterocycles. The number of methoxy groups -OCH3 is 4. The van der Waals surface area contributed by atoms with Crippen molar-refractivity contribution in [2.45, 2.75) is 10.1 Å². The van der Waals surface area contributed by atoms with Gasteiger partial charge in [-0.15, -0.1) is 11.8 Å². The largest absolute Gasteiger partial charge is 0.497 e. The number of hydrogen-bond donors (Lipinski definition) is 3. The number of thioether (sulfide) groups is 1. The molecule has 0 bridgehead atoms. The Labute approximate surface area is 300 Å². The summed E-state index contributed by atoms with van der Waals surface area (Å²) in [5.74, 6) is 0.638. The fraction of sp³-hybridized carbons (Fsp3) is 0.125. The minimum atomic E-state index is -0.614. The van der Waals surface area contributed by atoms with Crippen LogP contribution in [0.4, 0.5) is 11.4 Å². The van der Waals surface area contributed by atoms with E-state index in [-0.39, 0.29) is 11.6 Å². The molecule has 10 nitrogen and oxygen atoms in total. The number of carbonyl (C=O) groups excluding carboxylic acids is 3. The number of carbonyl (C=O) groups is 3. The van der Waals surface area contributed by atoms with Gasteiger partial charge >= 0.3 is 0 Å². The molecule has 1 unspecified atom stereocenters. The van der Waals surface area contributed by atoms with Crippen LogP contribution in [0.2, 0.25) is 0 Å². The Hall–Kier alpha value is -6.20. The van der Waals surface area contributed by atoms with E-state index >= 15 is 0 Å². The van der Waals surface area contributed by atoms with Crippen LogP contribution in [0.1, 0.15) is 26.7 Å². The highest BCUT2D eigenvalue weighted by Gasteiger charge is 2.23. The third-order valence-corrected chi connectivity index (χ3v) is 8.86. The van der Waals surface area contributed by atoms with Gasteiger partial charge in [0.2, 0.25) is 5.91 Å². The van der Waals surface area contributed by atoms with Gasteiger partial charge in [-0.2, -0.15) is 0 Å². The summed E-state index contributed by atoms with van der Waals surface area (Å²) in [6.07, 6.45) is 1.50. The van der Waals surface area contributed by atoms with Gasteiger partial charge in [-0.3, -0.25) is 14.4 Å². The van der Waals surface area contributed by atoms with Gasteiger partial charge in [0.15, 0.2) is 11.5 Å². The van der Waals surface area contributed by atoms with E-state index in [2.05, 4.69) is 16.0 Å². The third kappa shape index (κ3) is 9.49. The summed E-state index contributed by atoms with van der Waals surface area (Å²) in [6, 6.07) is 35.5. The van der Waals surface area contributed by atoms with Gasteiger partial charge in [0.1, 0.15) is 22.4 Å². The first kappa shape index (κ1) is 36.1. The summed E-state index contributed by atoms with van der Waals surface area (Å²) in [5, 5.41) is 8.03. The second kappa shape index (κ2) is 17.5. The average Bonchev–Trinajstić information content (AvgIpc) is 3.17. The maximum absolute atomic E-state index is 13.9. The minimum absolute atomic E-state index is 0.0477. The summed E-state index contributed by atoms with van der Waals surface area (Å²) in [5.41, 5.74) is 2.67. The Bertz CT molecular complexity index is 2000. The van der Waals surface area contributed by atoms with Crippen LogP contribution in [0.5, 0.6) is 23.0 Å². The quantitative estimate of drug-likeness (QED) is 0.0798. The molecule has 0 fully saturated rings. The summed E-state index contributed by atoms with van der Waals surface area (Å²) >= 11 is 1.33. The fourth-order valence-corrected chi connectivity index (χ4v) is 6.11. The molecule has 5 aromatic carbocycles. The summed E-state index contributed by atoms with van der Waals surface area (Å²) < 4.78 is 21.7. The van der Waals surface area contributed by atoms with E-state index in [0.29, 0.717) is 45.5 Å². The first-order valence-corrected chi connectivity index (χ1v) is 16.7. The van der Waals surface area contributed by atoms with Gasteiger partial charge in [-0.1, -0.05) is 54.6 Å². The zero-order valence-corrected chi connectivity index (χ0v) is 29.3. The normalized spacial score (nSPS) is 11.5. The standard InChI is InChI=1S/C40H37N3O7S/c1-47-31-20-18-29(19-21-31)41-40(46)37(26-12-7-5-8-13-26)51-32-17-11-16-30(24-32)42-39(45)33(43-38(44)27-14-9-6-10-15-27)22-28-23-35(49-3)36(50-4)25-34(28)48-2/h5-25,37H,1-4H3,(H,41,46)(H,42,45)(H,43,44)/b33-22+. The average molecular weight is 704 g/mol. The molecule has 0 saturated carbocycles. The van der Waals surface area contributed by atoms with Crippen LogP contribution in [-0.4, -0.2) is 46.2 Å². The van der Waals surface area contributed by atoms with Gasteiger partial charge in [-0.25, -0.2) is 0 Å². The van der Waals surface area contributed by atoms with Crippen molar-refractivity contribution in [3.8, 4) is 23.0 Å². The number of amides is 3. The molecule has 0 aromatic heterocycles. The zero-order chi connectivity index (χ0) is 36.2. The molecule has 1 atom stereocenters. The zero-order valence-electron chi connectivity index (χ0n) is 28.5. The first-order chi connectivity index (χ1) is 24.8. The van der Waals surface area contributed by atoms with Crippen molar-refractivity contribution in [2.75, 3.05) is 39.1 Å². The van der Waals surface area contributed by atoms with Gasteiger partial charge in [0.25, 0.3) is 11.8 Å². The monoisotopic (exact) mass is 703 g/mol. The third-order valence-electron chi connectivity index (χ3n) is 7.61. The van der Waals surface area contributed by atoms with E-state index in [0.717, 1.165) is 10.5 Å². The number of hydrogen-bond acceptors (Lipinski definition) is 8. The lowest BCUT2D eigenvalue weighted by atomic mass is 10.1. The summed E-state index contributed by atoms with van der Waals surface area (Å²) in [6.45, 7) is 0. The highest BCUT2D eigenvalue weighted by atomic mass is 32.2. The number of ether oxygens (including phenoxy) is 4. The number of benzene rings is 5. The molecule has 0 aliphatic rings. The SMILES string of the molecule is COc1ccc(NC(=O)C(Sc2cccc(NC(=O)/C(=C\c3cc(OC)c(OC)cc3OC)NC(=O)c3ccccc3)c2)c2ccccc2)cc1. The molecule has 11 heteroatoms. The van der Waals surface area contributed by atoms with E-state index in [9.17, 15) is 14.4 Å². The Morgan fingerprint density at radius 2 is 1.27 bits per heavy atom. The molecule has 0 aliphatic heterocycles. The second-order valence-electron chi connectivity index (χ2n) is 10.9. The minimum Gasteiger partial charge on any atom is -0.497 e. The van der Waals surface area contributed by atoms with E-state index < -0.39 is 17.1 Å². The van der Waals surface area contributed by atoms with Crippen molar-refractivity contribution >= 4 is 46.9 Å². The van der Waals surface area contributed by atoms with Crippen LogP contribution >= 0.6 is 11.8 Å². The van der Waals surface area contributed by atoms with Gasteiger partial charge in [0, 0.05) is 33.5 Å². The van der Waals surface area contributed by atoms with Crippen molar-refractivity contribution in [1.29, 1.82) is 0 Å². The Morgan fingerprint density at radius 1 is 0.627 bits per heavy atom. The molecule has 260 valence electrons. The summed E-state index contributed by atoms with van der Waals surface area (Å²) in [7, 11) is 6.08. The van der Waals surface area contributed by atoms with Crippen molar-refractivity contribution in [3.05, 3.63) is 144 Å². The highest BCUT2D eigenvalue weighted by molar-refractivity contribution is 8.00. The molecule has 3 N–H and O–H groups in total. The number of rotatable bonds is 14. The number of nitrogens with one attached hydrogen (secondary N) is 3. The van der Waals surface area contributed by atoms with E-state index in [1.54, 1.807) is 92.0 Å². The first-order valence-electron chi connectivity index (χ1n) is 15.8. The lowest BCUT2D eigenvalue weighted by molar-refractivity contribution is -0.116. The predicted octanol–water partition coefficient (Wildman–Crippen LogP) is 7.60. The molecule has 0 aliphatic carbocycles. The maximum Gasteiger partial charge on any atom is 0.272 e. The van der Waals surface area contributed by atoms with Crippen molar-refractivity contribution < 1.29 is 33.3 Å². The van der Waals surface area contributed by atoms with E-state index in [4.69, 9.17) is 18.9 Å². The molecule has 5 rings (SSSR count). The molecule has 3 amide bonds. The Balaban J connectivity index is 1.43. The smallest absolute Gasteiger partial charge is 0.272 e. The molecule has 5 aromatic rings. The second-order valence-corrected chi connectivity index (χ2v) is 12.1. The lowest BCUT2D eigenvalue weighted by Gasteiger charge is -2.18.